The smallest absolute Gasteiger partial charge is 0.407 e. The maximum atomic E-state index is 15.3. The van der Waals surface area contributed by atoms with Crippen LogP contribution in [0.1, 0.15) is 64.2 Å². The highest BCUT2D eigenvalue weighted by Gasteiger charge is 2.41. The number of hydrogen-bond acceptors (Lipinski definition) is 6. The van der Waals surface area contributed by atoms with E-state index < -0.39 is 35.7 Å². The van der Waals surface area contributed by atoms with Crippen molar-refractivity contribution in [3.8, 4) is 0 Å². The van der Waals surface area contributed by atoms with Crippen molar-refractivity contribution in [2.24, 2.45) is 0 Å². The Morgan fingerprint density at radius 1 is 1.13 bits per heavy atom. The van der Waals surface area contributed by atoms with Crippen molar-refractivity contribution >= 4 is 35.4 Å². The number of amides is 5. The number of hydrogen-bond donors (Lipinski definition) is 2. The number of carbonyl (C=O) groups is 5. The van der Waals surface area contributed by atoms with Crippen molar-refractivity contribution in [2.45, 2.75) is 63.3 Å². The van der Waals surface area contributed by atoms with Crippen LogP contribution in [0.3, 0.4) is 0 Å². The molecular weight excluding hydrogens is 507 g/mol. The van der Waals surface area contributed by atoms with Gasteiger partial charge in [0, 0.05) is 32.1 Å². The maximum Gasteiger partial charge on any atom is 0.407 e. The zero-order valence-electron chi connectivity index (χ0n) is 21.3. The number of imide groups is 1. The van der Waals surface area contributed by atoms with E-state index in [0.29, 0.717) is 24.8 Å². The third kappa shape index (κ3) is 4.31. The van der Waals surface area contributed by atoms with Gasteiger partial charge in [0.1, 0.15) is 18.0 Å². The molecule has 10 nitrogen and oxygen atoms in total. The number of benzene rings is 2. The predicted molar refractivity (Wildman–Crippen MR) is 135 cm³/mol. The first-order chi connectivity index (χ1) is 18.7. The van der Waals surface area contributed by atoms with Crippen LogP contribution in [0.4, 0.5) is 14.9 Å². The van der Waals surface area contributed by atoms with Crippen molar-refractivity contribution in [2.75, 3.05) is 11.9 Å². The summed E-state index contributed by atoms with van der Waals surface area (Å²) < 4.78 is 20.8. The van der Waals surface area contributed by atoms with E-state index in [9.17, 15) is 24.0 Å². The second-order valence-electron chi connectivity index (χ2n) is 10.5. The molecule has 4 aliphatic rings. The van der Waals surface area contributed by atoms with Gasteiger partial charge in [-0.1, -0.05) is 30.3 Å². The number of halogens is 1. The molecule has 1 saturated carbocycles. The molecule has 0 radical (unpaired) electrons. The molecule has 1 aliphatic carbocycles. The van der Waals surface area contributed by atoms with E-state index in [1.54, 1.807) is 18.0 Å². The third-order valence-electron chi connectivity index (χ3n) is 8.14. The summed E-state index contributed by atoms with van der Waals surface area (Å²) in [5.74, 6) is -2.06. The molecule has 0 spiro atoms. The van der Waals surface area contributed by atoms with Gasteiger partial charge in [0.2, 0.25) is 17.7 Å². The van der Waals surface area contributed by atoms with Crippen molar-refractivity contribution in [1.82, 2.24) is 15.5 Å². The minimum atomic E-state index is -0.831. The van der Waals surface area contributed by atoms with Gasteiger partial charge in [-0.3, -0.25) is 24.5 Å². The molecule has 6 rings (SSSR count). The molecule has 2 aromatic rings. The van der Waals surface area contributed by atoms with Crippen LogP contribution in [0.25, 0.3) is 0 Å². The van der Waals surface area contributed by atoms with E-state index >= 15 is 4.39 Å². The van der Waals surface area contributed by atoms with Gasteiger partial charge in [-0.15, -0.1) is 0 Å². The second kappa shape index (κ2) is 9.48. The molecule has 1 atom stereocenters. The first-order valence-electron chi connectivity index (χ1n) is 13.0. The van der Waals surface area contributed by atoms with E-state index in [2.05, 4.69) is 10.6 Å². The average Bonchev–Trinajstić information content (AvgIpc) is 3.36. The lowest BCUT2D eigenvalue weighted by Crippen LogP contribution is -2.52. The van der Waals surface area contributed by atoms with Crippen LogP contribution in [-0.4, -0.2) is 53.8 Å². The number of nitrogens with one attached hydrogen (secondary N) is 2. The number of ether oxygens (including phenoxy) is 1. The zero-order valence-corrected chi connectivity index (χ0v) is 21.3. The fourth-order valence-electron chi connectivity index (χ4n) is 5.96. The number of piperidine rings is 1. The quantitative estimate of drug-likeness (QED) is 0.567. The highest BCUT2D eigenvalue weighted by molar-refractivity contribution is 6.05. The third-order valence-corrected chi connectivity index (χ3v) is 8.14. The molecule has 0 aromatic heterocycles. The Morgan fingerprint density at radius 3 is 2.69 bits per heavy atom. The molecule has 3 heterocycles. The zero-order chi connectivity index (χ0) is 27.4. The average molecular weight is 535 g/mol. The topological polar surface area (TPSA) is 125 Å². The van der Waals surface area contributed by atoms with Crippen LogP contribution < -0.4 is 15.5 Å². The van der Waals surface area contributed by atoms with Crippen LogP contribution in [0.2, 0.25) is 0 Å². The monoisotopic (exact) mass is 534 g/mol. The van der Waals surface area contributed by atoms with Gasteiger partial charge in [-0.25, -0.2) is 9.18 Å². The Labute approximate surface area is 223 Å². The predicted octanol–water partition coefficient (Wildman–Crippen LogP) is 2.28. The van der Waals surface area contributed by atoms with Crippen LogP contribution in [-0.2, 0) is 38.6 Å². The van der Waals surface area contributed by atoms with Crippen molar-refractivity contribution in [3.63, 3.8) is 0 Å². The van der Waals surface area contributed by atoms with Gasteiger partial charge in [0.05, 0.1) is 17.7 Å². The normalized spacial score (nSPS) is 23.8. The van der Waals surface area contributed by atoms with Crippen molar-refractivity contribution < 1.29 is 33.1 Å². The number of alkyl carbamates (subject to hydrolysis) is 1. The van der Waals surface area contributed by atoms with Gasteiger partial charge < -0.3 is 19.9 Å². The van der Waals surface area contributed by atoms with Crippen LogP contribution in [0.5, 0.6) is 0 Å². The number of fused-ring (bicyclic) bond motifs is 2. The highest BCUT2D eigenvalue weighted by Crippen LogP contribution is 2.45. The largest absolute Gasteiger partial charge is 0.446 e. The van der Waals surface area contributed by atoms with E-state index in [0.717, 1.165) is 16.8 Å². The number of para-hydroxylation sites is 1. The van der Waals surface area contributed by atoms with Crippen molar-refractivity contribution in [1.29, 1.82) is 0 Å². The summed E-state index contributed by atoms with van der Waals surface area (Å²) in [6.45, 7) is -0.0938. The minimum absolute atomic E-state index is 0.0631. The minimum Gasteiger partial charge on any atom is -0.446 e. The fourth-order valence-corrected chi connectivity index (χ4v) is 5.96. The molecule has 2 N–H and O–H groups in total. The summed E-state index contributed by atoms with van der Waals surface area (Å²) in [5, 5.41) is 4.78. The van der Waals surface area contributed by atoms with Crippen molar-refractivity contribution in [3.05, 3.63) is 64.0 Å². The van der Waals surface area contributed by atoms with E-state index in [1.807, 2.05) is 18.2 Å². The van der Waals surface area contributed by atoms with E-state index in [4.69, 9.17) is 4.74 Å². The van der Waals surface area contributed by atoms with Gasteiger partial charge in [-0.2, -0.15) is 0 Å². The Bertz CT molecular complexity index is 1440. The van der Waals surface area contributed by atoms with Gasteiger partial charge in [-0.05, 0) is 41.9 Å². The number of rotatable bonds is 5. The lowest BCUT2D eigenvalue weighted by Gasteiger charge is -2.36. The second-order valence-corrected chi connectivity index (χ2v) is 10.5. The summed E-state index contributed by atoms with van der Waals surface area (Å²) in [6.07, 6.45) is 0.988. The molecule has 2 fully saturated rings. The molecule has 1 saturated heterocycles. The van der Waals surface area contributed by atoms with Crippen LogP contribution in [0.15, 0.2) is 30.3 Å². The Balaban J connectivity index is 1.04. The summed E-state index contributed by atoms with van der Waals surface area (Å²) >= 11 is 0. The summed E-state index contributed by atoms with van der Waals surface area (Å²) in [7, 11) is 1.77. The number of likely N-dealkylation sites (N-methyl/N-ethyl adjacent to an activating group) is 1. The number of nitrogens with zero attached hydrogens (tertiary/aromatic N) is 2. The number of carbonyl (C=O) groups excluding carboxylic acids is 5. The molecule has 202 valence electrons. The first kappa shape index (κ1) is 25.0. The SMILES string of the molecule is CN1C(=O)Cc2cccc(C3CC(OC(=O)NCc4ccc5c(c4F)C(=O)N([C@H]4CCC(=O)NC4=O)C5)C3)c21. The van der Waals surface area contributed by atoms with Crippen LogP contribution >= 0.6 is 0 Å². The molecule has 3 aliphatic heterocycles. The van der Waals surface area contributed by atoms with E-state index in [1.165, 1.54) is 11.0 Å². The van der Waals surface area contributed by atoms with Gasteiger partial charge in [0.25, 0.3) is 5.91 Å². The fraction of sp³-hybridized carbons (Fsp3) is 0.393. The summed E-state index contributed by atoms with van der Waals surface area (Å²) in [5.41, 5.74) is 3.51. The molecule has 0 bridgehead atoms. The molecule has 0 unspecified atom stereocenters. The van der Waals surface area contributed by atoms with Crippen LogP contribution in [0, 0.1) is 5.82 Å². The lowest BCUT2D eigenvalue weighted by atomic mass is 9.76. The van der Waals surface area contributed by atoms with E-state index in [-0.39, 0.29) is 55.0 Å². The molecule has 11 heteroatoms. The lowest BCUT2D eigenvalue weighted by molar-refractivity contribution is -0.137. The maximum absolute atomic E-state index is 15.3. The molecular formula is C28H27FN4O6. The number of anilines is 1. The Kier molecular flexibility index (Phi) is 6.08. The standard InChI is InChI=1S/C28H27FN4O6/c1-32-22(35)11-14-3-2-4-19(25(14)32)17-9-18(10-17)39-28(38)30-12-15-5-6-16-13-33(27(37)23(16)24(15)29)20-7-8-21(34)31-26(20)36/h2-6,17-18,20H,7-13H2,1H3,(H,30,38)(H,31,34,36)/t17?,18?,20-/m0/s1. The molecule has 2 aromatic carbocycles. The molecule has 39 heavy (non-hydrogen) atoms. The molecule has 5 amide bonds. The highest BCUT2D eigenvalue weighted by atomic mass is 19.1. The summed E-state index contributed by atoms with van der Waals surface area (Å²) in [6, 6.07) is 8.19. The van der Waals surface area contributed by atoms with Gasteiger partial charge >= 0.3 is 6.09 Å². The first-order valence-corrected chi connectivity index (χ1v) is 13.0. The summed E-state index contributed by atoms with van der Waals surface area (Å²) in [4.78, 5) is 64.1. The van der Waals surface area contributed by atoms with Gasteiger partial charge in [0.15, 0.2) is 0 Å². The Morgan fingerprint density at radius 2 is 1.92 bits per heavy atom. The Hall–Kier alpha value is -4.28.